The lowest BCUT2D eigenvalue weighted by molar-refractivity contribution is -0.121. The number of imide groups is 1. The molecule has 1 aliphatic rings. The Labute approximate surface area is 140 Å². The maximum absolute atomic E-state index is 13.4. The number of nitrogens with zero attached hydrogens (tertiary/aromatic N) is 1. The number of hydrogen-bond acceptors (Lipinski definition) is 3. The fourth-order valence-corrected chi connectivity index (χ4v) is 3.21. The topological polar surface area (TPSA) is 49.4 Å². The van der Waals surface area contributed by atoms with Crippen molar-refractivity contribution in [1.82, 2.24) is 0 Å². The Morgan fingerprint density at radius 1 is 1.08 bits per heavy atom. The van der Waals surface area contributed by atoms with Crippen LogP contribution < -0.4 is 10.2 Å². The third-order valence-corrected chi connectivity index (χ3v) is 4.21. The van der Waals surface area contributed by atoms with Crippen molar-refractivity contribution in [3.8, 4) is 0 Å². The van der Waals surface area contributed by atoms with Gasteiger partial charge in [-0.25, -0.2) is 9.29 Å². The van der Waals surface area contributed by atoms with Crippen molar-refractivity contribution >= 4 is 23.2 Å². The zero-order chi connectivity index (χ0) is 17.4. The Morgan fingerprint density at radius 3 is 2.38 bits per heavy atom. The summed E-state index contributed by atoms with van der Waals surface area (Å²) in [6, 6.07) is 8.94. The highest BCUT2D eigenvalue weighted by Gasteiger charge is 2.40. The summed E-state index contributed by atoms with van der Waals surface area (Å²) >= 11 is 0. The van der Waals surface area contributed by atoms with Crippen LogP contribution in [0.2, 0.25) is 0 Å². The number of amides is 2. The van der Waals surface area contributed by atoms with E-state index in [1.807, 2.05) is 32.9 Å². The second-order valence-corrected chi connectivity index (χ2v) is 6.22. The molecule has 2 aromatic rings. The molecule has 0 aliphatic carbocycles. The van der Waals surface area contributed by atoms with Gasteiger partial charge in [-0.1, -0.05) is 23.8 Å². The third kappa shape index (κ3) is 2.89. The highest BCUT2D eigenvalue weighted by molar-refractivity contribution is 6.23. The van der Waals surface area contributed by atoms with Crippen molar-refractivity contribution in [2.45, 2.75) is 33.2 Å². The van der Waals surface area contributed by atoms with Crippen molar-refractivity contribution in [2.24, 2.45) is 0 Å². The van der Waals surface area contributed by atoms with E-state index in [1.54, 1.807) is 6.07 Å². The van der Waals surface area contributed by atoms with Crippen LogP contribution in [0.3, 0.4) is 0 Å². The summed E-state index contributed by atoms with van der Waals surface area (Å²) in [7, 11) is 0. The predicted molar refractivity (Wildman–Crippen MR) is 91.6 cm³/mol. The molecule has 1 aliphatic heterocycles. The average molecular weight is 326 g/mol. The van der Waals surface area contributed by atoms with Gasteiger partial charge in [-0.05, 0) is 50.1 Å². The van der Waals surface area contributed by atoms with Gasteiger partial charge in [0.15, 0.2) is 0 Å². The molecule has 4 nitrogen and oxygen atoms in total. The Morgan fingerprint density at radius 2 is 1.75 bits per heavy atom. The summed E-state index contributed by atoms with van der Waals surface area (Å²) in [6.45, 7) is 5.95. The molecule has 1 fully saturated rings. The summed E-state index contributed by atoms with van der Waals surface area (Å²) in [5, 5.41) is 3.19. The summed E-state index contributed by atoms with van der Waals surface area (Å²) < 4.78 is 13.4. The number of benzene rings is 2. The first-order valence-electron chi connectivity index (χ1n) is 7.83. The number of halogens is 1. The van der Waals surface area contributed by atoms with Crippen molar-refractivity contribution in [2.75, 3.05) is 10.2 Å². The van der Waals surface area contributed by atoms with Crippen molar-refractivity contribution in [3.63, 3.8) is 0 Å². The minimum Gasteiger partial charge on any atom is -0.373 e. The molecular weight excluding hydrogens is 307 g/mol. The Hall–Kier alpha value is -2.69. The fourth-order valence-electron chi connectivity index (χ4n) is 3.21. The van der Waals surface area contributed by atoms with E-state index in [-0.39, 0.29) is 23.9 Å². The lowest BCUT2D eigenvalue weighted by Crippen LogP contribution is -2.35. The highest BCUT2D eigenvalue weighted by atomic mass is 19.1. The monoisotopic (exact) mass is 326 g/mol. The second kappa shape index (κ2) is 6.07. The van der Waals surface area contributed by atoms with Crippen LogP contribution in [0.1, 0.15) is 23.1 Å². The van der Waals surface area contributed by atoms with Gasteiger partial charge in [0.2, 0.25) is 5.91 Å². The standard InChI is InChI=1S/C19H19FN2O2/c1-11-7-12(2)18(13(3)8-11)21-16-10-17(23)22(19(16)24)15-6-4-5-14(20)9-15/h4-9,16,21H,10H2,1-3H3/t16-/m1/s1. The predicted octanol–water partition coefficient (Wildman–Crippen LogP) is 3.49. The van der Waals surface area contributed by atoms with Gasteiger partial charge >= 0.3 is 0 Å². The molecule has 3 rings (SSSR count). The quantitative estimate of drug-likeness (QED) is 0.878. The van der Waals surface area contributed by atoms with E-state index in [1.165, 1.54) is 18.2 Å². The third-order valence-electron chi connectivity index (χ3n) is 4.21. The van der Waals surface area contributed by atoms with Crippen LogP contribution in [0.25, 0.3) is 0 Å². The molecule has 0 saturated carbocycles. The maximum Gasteiger partial charge on any atom is 0.256 e. The fraction of sp³-hybridized carbons (Fsp3) is 0.263. The second-order valence-electron chi connectivity index (χ2n) is 6.22. The van der Waals surface area contributed by atoms with E-state index >= 15 is 0 Å². The Balaban J connectivity index is 1.87. The van der Waals surface area contributed by atoms with Gasteiger partial charge in [-0.15, -0.1) is 0 Å². The first kappa shape index (κ1) is 16.2. The van der Waals surface area contributed by atoms with Gasteiger partial charge in [-0.3, -0.25) is 9.59 Å². The van der Waals surface area contributed by atoms with Crippen LogP contribution >= 0.6 is 0 Å². The van der Waals surface area contributed by atoms with Gasteiger partial charge < -0.3 is 5.32 Å². The van der Waals surface area contributed by atoms with E-state index in [0.717, 1.165) is 27.3 Å². The lowest BCUT2D eigenvalue weighted by Gasteiger charge is -2.19. The molecule has 5 heteroatoms. The summed E-state index contributed by atoms with van der Waals surface area (Å²) in [5.41, 5.74) is 4.33. The first-order chi connectivity index (χ1) is 11.4. The van der Waals surface area contributed by atoms with E-state index in [0.29, 0.717) is 0 Å². The molecule has 0 spiro atoms. The number of rotatable bonds is 3. The SMILES string of the molecule is Cc1cc(C)c(N[C@@H]2CC(=O)N(c3cccc(F)c3)C2=O)c(C)c1. The van der Waals surface area contributed by atoms with Crippen molar-refractivity contribution < 1.29 is 14.0 Å². The van der Waals surface area contributed by atoms with Crippen LogP contribution in [0.4, 0.5) is 15.8 Å². The molecular formula is C19H19FN2O2. The molecule has 0 unspecified atom stereocenters. The van der Waals surface area contributed by atoms with E-state index in [2.05, 4.69) is 5.32 Å². The van der Waals surface area contributed by atoms with E-state index < -0.39 is 11.9 Å². The largest absolute Gasteiger partial charge is 0.373 e. The number of anilines is 2. The van der Waals surface area contributed by atoms with Crippen LogP contribution in [0.5, 0.6) is 0 Å². The first-order valence-corrected chi connectivity index (χ1v) is 7.83. The molecule has 1 atom stereocenters. The maximum atomic E-state index is 13.4. The number of aryl methyl sites for hydroxylation is 3. The molecule has 124 valence electrons. The Kier molecular flexibility index (Phi) is 4.09. The number of carbonyl (C=O) groups excluding carboxylic acids is 2. The zero-order valence-electron chi connectivity index (χ0n) is 13.9. The Bertz CT molecular complexity index is 809. The van der Waals surface area contributed by atoms with Gasteiger partial charge in [0.05, 0.1) is 12.1 Å². The van der Waals surface area contributed by atoms with Crippen LogP contribution in [-0.4, -0.2) is 17.9 Å². The minimum atomic E-state index is -0.638. The number of carbonyl (C=O) groups is 2. The molecule has 0 bridgehead atoms. The van der Waals surface area contributed by atoms with Crippen LogP contribution in [-0.2, 0) is 9.59 Å². The normalized spacial score (nSPS) is 17.5. The minimum absolute atomic E-state index is 0.0576. The summed E-state index contributed by atoms with van der Waals surface area (Å²) in [5.74, 6) is -1.16. The molecule has 0 radical (unpaired) electrons. The highest BCUT2D eigenvalue weighted by Crippen LogP contribution is 2.28. The van der Waals surface area contributed by atoms with Crippen molar-refractivity contribution in [1.29, 1.82) is 0 Å². The van der Waals surface area contributed by atoms with Gasteiger partial charge in [0.1, 0.15) is 11.9 Å². The van der Waals surface area contributed by atoms with Crippen molar-refractivity contribution in [3.05, 3.63) is 58.9 Å². The van der Waals surface area contributed by atoms with Gasteiger partial charge in [-0.2, -0.15) is 0 Å². The lowest BCUT2D eigenvalue weighted by atomic mass is 10.0. The average Bonchev–Trinajstić information content (AvgIpc) is 2.77. The number of nitrogens with one attached hydrogen (secondary N) is 1. The molecule has 1 N–H and O–H groups in total. The van der Waals surface area contributed by atoms with Crippen LogP contribution in [0.15, 0.2) is 36.4 Å². The molecule has 24 heavy (non-hydrogen) atoms. The van der Waals surface area contributed by atoms with Gasteiger partial charge in [0.25, 0.3) is 5.91 Å². The van der Waals surface area contributed by atoms with E-state index in [9.17, 15) is 14.0 Å². The zero-order valence-corrected chi connectivity index (χ0v) is 13.9. The molecule has 0 aromatic heterocycles. The number of hydrogen-bond donors (Lipinski definition) is 1. The van der Waals surface area contributed by atoms with Crippen LogP contribution in [0, 0.1) is 26.6 Å². The smallest absolute Gasteiger partial charge is 0.256 e. The molecule has 1 heterocycles. The van der Waals surface area contributed by atoms with Gasteiger partial charge in [0, 0.05) is 5.69 Å². The summed E-state index contributed by atoms with van der Waals surface area (Å²) in [4.78, 5) is 26.0. The molecule has 2 aromatic carbocycles. The summed E-state index contributed by atoms with van der Waals surface area (Å²) in [6.07, 6.45) is 0.0576. The van der Waals surface area contributed by atoms with E-state index in [4.69, 9.17) is 0 Å². The molecule has 1 saturated heterocycles. The molecule has 2 amide bonds.